The minimum atomic E-state index is 0.214. The Balaban J connectivity index is 2.55. The molecule has 0 aliphatic heterocycles. The third-order valence-corrected chi connectivity index (χ3v) is 4.31. The minimum absolute atomic E-state index is 0.214. The fraction of sp³-hybridized carbons (Fsp3) is 0.545. The molecule has 3 nitrogen and oxygen atoms in total. The number of hydrogen-bond donors (Lipinski definition) is 0. The van der Waals surface area contributed by atoms with Gasteiger partial charge >= 0.3 is 0 Å². The Morgan fingerprint density at radius 3 is 2.07 bits per heavy atom. The van der Waals surface area contributed by atoms with Crippen molar-refractivity contribution in [1.82, 2.24) is 0 Å². The van der Waals surface area contributed by atoms with E-state index >= 15 is 0 Å². The van der Waals surface area contributed by atoms with Crippen LogP contribution in [0.5, 0.6) is 11.5 Å². The molecule has 0 bridgehead atoms. The Morgan fingerprint density at radius 1 is 0.889 bits per heavy atom. The summed E-state index contributed by atoms with van der Waals surface area (Å²) in [5, 5.41) is 0. The average Bonchev–Trinajstić information content (AvgIpc) is 2.63. The van der Waals surface area contributed by atoms with Crippen molar-refractivity contribution in [3.8, 4) is 11.5 Å². The number of allylic oxidation sites excluding steroid dienone is 1. The van der Waals surface area contributed by atoms with Gasteiger partial charge in [-0.3, -0.25) is 0 Å². The molecule has 0 unspecified atom stereocenters. The monoisotopic (exact) mass is 414 g/mol. The molecule has 0 radical (unpaired) electrons. The van der Waals surface area contributed by atoms with Crippen LogP contribution in [0.3, 0.4) is 0 Å². The van der Waals surface area contributed by atoms with Crippen molar-refractivity contribution in [3.63, 3.8) is 0 Å². The Bertz CT molecular complexity index is 591. The molecule has 0 saturated carbocycles. The third-order valence-electron chi connectivity index (χ3n) is 4.00. The van der Waals surface area contributed by atoms with Gasteiger partial charge in [0.25, 0.3) is 0 Å². The maximum atomic E-state index is 6.12. The molecule has 0 N–H and O–H groups in total. The molecule has 1 aromatic rings. The standard InChI is InChI=1S/C22H32Cl2O3/c1-5-18-15-20(26-14-10-21(23)24)16-19(6-2)22(18)27-12-8-7-11-25-13-9-17(3)4/h9-10,15-16H,5-8,11-14H2,1-4H3. The third kappa shape index (κ3) is 10.1. The van der Waals surface area contributed by atoms with E-state index in [1.165, 1.54) is 5.57 Å². The maximum absolute atomic E-state index is 6.12. The van der Waals surface area contributed by atoms with Crippen molar-refractivity contribution >= 4 is 23.2 Å². The molecule has 5 heteroatoms. The van der Waals surface area contributed by atoms with E-state index in [4.69, 9.17) is 37.4 Å². The lowest BCUT2D eigenvalue weighted by atomic mass is 10.0. The van der Waals surface area contributed by atoms with E-state index in [2.05, 4.69) is 33.8 Å². The van der Waals surface area contributed by atoms with E-state index in [9.17, 15) is 0 Å². The van der Waals surface area contributed by atoms with Crippen molar-refractivity contribution in [2.45, 2.75) is 53.4 Å². The van der Waals surface area contributed by atoms with Crippen LogP contribution >= 0.6 is 23.2 Å². The number of halogens is 2. The average molecular weight is 415 g/mol. The maximum Gasteiger partial charge on any atom is 0.125 e. The van der Waals surface area contributed by atoms with E-state index in [0.717, 1.165) is 54.9 Å². The highest BCUT2D eigenvalue weighted by molar-refractivity contribution is 6.55. The first-order chi connectivity index (χ1) is 13.0. The first kappa shape index (κ1) is 23.9. The lowest BCUT2D eigenvalue weighted by Gasteiger charge is -2.17. The summed E-state index contributed by atoms with van der Waals surface area (Å²) in [5.74, 6) is 1.80. The van der Waals surface area contributed by atoms with E-state index in [-0.39, 0.29) is 4.49 Å². The number of rotatable bonds is 13. The van der Waals surface area contributed by atoms with Crippen molar-refractivity contribution in [3.05, 3.63) is 45.5 Å². The largest absolute Gasteiger partial charge is 0.493 e. The Labute approximate surface area is 174 Å². The van der Waals surface area contributed by atoms with Crippen LogP contribution in [0, 0.1) is 0 Å². The molecule has 0 aliphatic carbocycles. The second-order valence-corrected chi connectivity index (χ2v) is 7.50. The molecule has 0 atom stereocenters. The van der Waals surface area contributed by atoms with Gasteiger partial charge in [-0.05, 0) is 68.9 Å². The van der Waals surface area contributed by atoms with Gasteiger partial charge in [0, 0.05) is 6.61 Å². The number of ether oxygens (including phenoxy) is 3. The molecular formula is C22H32Cl2O3. The zero-order valence-electron chi connectivity index (χ0n) is 16.9. The van der Waals surface area contributed by atoms with Gasteiger partial charge < -0.3 is 14.2 Å². The Morgan fingerprint density at radius 2 is 1.52 bits per heavy atom. The van der Waals surface area contributed by atoms with Crippen LogP contribution in [0.1, 0.15) is 51.7 Å². The highest BCUT2D eigenvalue weighted by atomic mass is 35.5. The summed E-state index contributed by atoms with van der Waals surface area (Å²) in [6, 6.07) is 4.07. The van der Waals surface area contributed by atoms with Crippen molar-refractivity contribution < 1.29 is 14.2 Å². The van der Waals surface area contributed by atoms with E-state index in [0.29, 0.717) is 19.8 Å². The summed E-state index contributed by atoms with van der Waals surface area (Å²) < 4.78 is 17.6. The summed E-state index contributed by atoms with van der Waals surface area (Å²) in [6.45, 7) is 10.9. The predicted octanol–water partition coefficient (Wildman–Crippen LogP) is 6.65. The number of hydrogen-bond acceptors (Lipinski definition) is 3. The molecule has 0 aromatic heterocycles. The van der Waals surface area contributed by atoms with E-state index in [1.54, 1.807) is 6.08 Å². The minimum Gasteiger partial charge on any atom is -0.493 e. The van der Waals surface area contributed by atoms with Gasteiger partial charge in [0.2, 0.25) is 0 Å². The van der Waals surface area contributed by atoms with Crippen LogP contribution < -0.4 is 9.47 Å². The number of aryl methyl sites for hydroxylation is 2. The fourth-order valence-electron chi connectivity index (χ4n) is 2.51. The zero-order chi connectivity index (χ0) is 20.1. The molecular weight excluding hydrogens is 383 g/mol. The molecule has 27 heavy (non-hydrogen) atoms. The smallest absolute Gasteiger partial charge is 0.125 e. The molecule has 0 amide bonds. The molecule has 0 heterocycles. The van der Waals surface area contributed by atoms with Crippen LogP contribution in [0.4, 0.5) is 0 Å². The van der Waals surface area contributed by atoms with Crippen LogP contribution in [0.15, 0.2) is 34.3 Å². The van der Waals surface area contributed by atoms with Gasteiger partial charge in [-0.2, -0.15) is 0 Å². The van der Waals surface area contributed by atoms with Gasteiger partial charge in [-0.15, -0.1) is 0 Å². The second-order valence-electron chi connectivity index (χ2n) is 6.49. The predicted molar refractivity (Wildman–Crippen MR) is 115 cm³/mol. The van der Waals surface area contributed by atoms with Crippen molar-refractivity contribution in [2.75, 3.05) is 26.4 Å². The topological polar surface area (TPSA) is 27.7 Å². The molecule has 0 fully saturated rings. The summed E-state index contributed by atoms with van der Waals surface area (Å²) in [6.07, 6.45) is 7.46. The first-order valence-electron chi connectivity index (χ1n) is 9.61. The van der Waals surface area contributed by atoms with Gasteiger partial charge in [0.1, 0.15) is 22.6 Å². The van der Waals surface area contributed by atoms with Gasteiger partial charge in [-0.25, -0.2) is 0 Å². The Kier molecular flexibility index (Phi) is 12.3. The molecule has 152 valence electrons. The van der Waals surface area contributed by atoms with Crippen LogP contribution in [0.25, 0.3) is 0 Å². The second kappa shape index (κ2) is 13.9. The van der Waals surface area contributed by atoms with Crippen molar-refractivity contribution in [2.24, 2.45) is 0 Å². The van der Waals surface area contributed by atoms with Crippen molar-refractivity contribution in [1.29, 1.82) is 0 Å². The quantitative estimate of drug-likeness (QED) is 0.267. The molecule has 1 aromatic carbocycles. The van der Waals surface area contributed by atoms with Crippen LogP contribution in [-0.4, -0.2) is 26.4 Å². The van der Waals surface area contributed by atoms with Gasteiger partial charge in [-0.1, -0.05) is 48.7 Å². The van der Waals surface area contributed by atoms with E-state index < -0.39 is 0 Å². The summed E-state index contributed by atoms with van der Waals surface area (Å²) in [4.78, 5) is 0. The highest BCUT2D eigenvalue weighted by Crippen LogP contribution is 2.31. The summed E-state index contributed by atoms with van der Waals surface area (Å²) >= 11 is 11.3. The normalized spacial score (nSPS) is 10.4. The molecule has 0 spiro atoms. The highest BCUT2D eigenvalue weighted by Gasteiger charge is 2.11. The zero-order valence-corrected chi connectivity index (χ0v) is 18.5. The fourth-order valence-corrected chi connectivity index (χ4v) is 2.63. The van der Waals surface area contributed by atoms with E-state index in [1.807, 2.05) is 12.1 Å². The van der Waals surface area contributed by atoms with Gasteiger partial charge in [0.05, 0.1) is 13.2 Å². The molecule has 0 aliphatic rings. The lowest BCUT2D eigenvalue weighted by Crippen LogP contribution is -2.06. The number of unbranched alkanes of at least 4 members (excludes halogenated alkanes) is 1. The number of benzene rings is 1. The summed E-state index contributed by atoms with van der Waals surface area (Å²) in [7, 11) is 0. The Hall–Kier alpha value is -1.16. The molecule has 1 rings (SSSR count). The van der Waals surface area contributed by atoms with Crippen LogP contribution in [-0.2, 0) is 17.6 Å². The lowest BCUT2D eigenvalue weighted by molar-refractivity contribution is 0.151. The first-order valence-corrected chi connectivity index (χ1v) is 10.4. The summed E-state index contributed by atoms with van der Waals surface area (Å²) in [5.41, 5.74) is 3.60. The van der Waals surface area contributed by atoms with Gasteiger partial charge in [0.15, 0.2) is 0 Å². The SMILES string of the molecule is CCc1cc(OCC=C(Cl)Cl)cc(CC)c1OCCCCOCC=C(C)C. The van der Waals surface area contributed by atoms with Crippen LogP contribution in [0.2, 0.25) is 0 Å². The molecule has 0 saturated heterocycles.